The van der Waals surface area contributed by atoms with Gasteiger partial charge in [-0.05, 0) is 17.7 Å². The first-order valence-electron chi connectivity index (χ1n) is 4.66. The smallest absolute Gasteiger partial charge is 0.123 e. The van der Waals surface area contributed by atoms with Crippen molar-refractivity contribution in [2.45, 2.75) is 6.04 Å². The van der Waals surface area contributed by atoms with Gasteiger partial charge in [0.25, 0.3) is 0 Å². The van der Waals surface area contributed by atoms with E-state index < -0.39 is 0 Å². The van der Waals surface area contributed by atoms with E-state index in [0.29, 0.717) is 0 Å². The van der Waals surface area contributed by atoms with Gasteiger partial charge < -0.3 is 5.73 Å². The molecule has 0 unspecified atom stereocenters. The van der Waals surface area contributed by atoms with E-state index in [1.807, 2.05) is 13.2 Å². The molecule has 4 heteroatoms. The molecule has 1 aromatic carbocycles. The lowest BCUT2D eigenvalue weighted by atomic mass is 10.0. The number of hydrogen-bond donors (Lipinski definition) is 1. The van der Waals surface area contributed by atoms with Crippen molar-refractivity contribution in [2.75, 3.05) is 0 Å². The summed E-state index contributed by atoms with van der Waals surface area (Å²) in [4.78, 5) is 0. The number of aromatic nitrogens is 2. The molecule has 2 rings (SSSR count). The van der Waals surface area contributed by atoms with Gasteiger partial charge in [-0.2, -0.15) is 5.10 Å². The van der Waals surface area contributed by atoms with Gasteiger partial charge in [0, 0.05) is 18.8 Å². The molecule has 0 saturated carbocycles. The molecule has 0 saturated heterocycles. The fraction of sp³-hybridized carbons (Fsp3) is 0.182. The topological polar surface area (TPSA) is 43.8 Å². The van der Waals surface area contributed by atoms with Crippen LogP contribution < -0.4 is 5.73 Å². The van der Waals surface area contributed by atoms with Crippen LogP contribution in [0.2, 0.25) is 0 Å². The van der Waals surface area contributed by atoms with Gasteiger partial charge in [0.05, 0.1) is 12.2 Å². The quantitative estimate of drug-likeness (QED) is 0.809. The van der Waals surface area contributed by atoms with Crippen molar-refractivity contribution in [1.82, 2.24) is 9.78 Å². The molecule has 15 heavy (non-hydrogen) atoms. The molecule has 1 atom stereocenters. The van der Waals surface area contributed by atoms with Crippen LogP contribution in [-0.4, -0.2) is 9.78 Å². The van der Waals surface area contributed by atoms with Gasteiger partial charge in [0.15, 0.2) is 0 Å². The Kier molecular flexibility index (Phi) is 2.51. The Labute approximate surface area is 87.3 Å². The maximum Gasteiger partial charge on any atom is 0.123 e. The molecule has 0 spiro atoms. The fourth-order valence-electron chi connectivity index (χ4n) is 1.46. The normalized spacial score (nSPS) is 12.7. The fourth-order valence-corrected chi connectivity index (χ4v) is 1.46. The van der Waals surface area contributed by atoms with Gasteiger partial charge >= 0.3 is 0 Å². The Hall–Kier alpha value is -1.68. The number of hydrogen-bond acceptors (Lipinski definition) is 2. The highest BCUT2D eigenvalue weighted by molar-refractivity contribution is 5.28. The molecule has 2 aromatic rings. The lowest BCUT2D eigenvalue weighted by molar-refractivity contribution is 0.626. The van der Waals surface area contributed by atoms with E-state index in [4.69, 9.17) is 5.73 Å². The summed E-state index contributed by atoms with van der Waals surface area (Å²) in [5.41, 5.74) is 7.80. The highest BCUT2D eigenvalue weighted by Crippen LogP contribution is 2.18. The second-order valence-corrected chi connectivity index (χ2v) is 3.48. The molecular weight excluding hydrogens is 193 g/mol. The van der Waals surface area contributed by atoms with E-state index in [-0.39, 0.29) is 11.9 Å². The predicted octanol–water partition coefficient (Wildman–Crippen LogP) is 1.61. The number of halogens is 1. The van der Waals surface area contributed by atoms with Crippen molar-refractivity contribution in [3.8, 4) is 0 Å². The summed E-state index contributed by atoms with van der Waals surface area (Å²) < 4.78 is 14.4. The minimum absolute atomic E-state index is 0.251. The molecule has 0 bridgehead atoms. The molecule has 0 radical (unpaired) electrons. The van der Waals surface area contributed by atoms with Crippen molar-refractivity contribution in [2.24, 2.45) is 12.8 Å². The van der Waals surface area contributed by atoms with Gasteiger partial charge in [-0.15, -0.1) is 0 Å². The number of nitrogens with zero attached hydrogens (tertiary/aromatic N) is 2. The van der Waals surface area contributed by atoms with Gasteiger partial charge in [0.2, 0.25) is 0 Å². The van der Waals surface area contributed by atoms with Gasteiger partial charge in [-0.25, -0.2) is 4.39 Å². The molecule has 78 valence electrons. The average Bonchev–Trinajstić information content (AvgIpc) is 2.65. The highest BCUT2D eigenvalue weighted by atomic mass is 19.1. The van der Waals surface area contributed by atoms with Crippen molar-refractivity contribution in [3.63, 3.8) is 0 Å². The van der Waals surface area contributed by atoms with Crippen LogP contribution in [0, 0.1) is 5.82 Å². The van der Waals surface area contributed by atoms with Gasteiger partial charge in [-0.1, -0.05) is 12.1 Å². The van der Waals surface area contributed by atoms with E-state index in [1.54, 1.807) is 23.0 Å². The number of nitrogens with two attached hydrogens (primary N) is 1. The Bertz CT molecular complexity index is 447. The Morgan fingerprint density at radius 2 is 1.93 bits per heavy atom. The molecule has 0 aliphatic rings. The van der Waals surface area contributed by atoms with Crippen LogP contribution in [0.4, 0.5) is 4.39 Å². The third-order valence-electron chi connectivity index (χ3n) is 2.31. The zero-order chi connectivity index (χ0) is 10.8. The Morgan fingerprint density at radius 1 is 1.27 bits per heavy atom. The first-order chi connectivity index (χ1) is 7.16. The second kappa shape index (κ2) is 3.82. The molecule has 2 N–H and O–H groups in total. The Morgan fingerprint density at radius 3 is 2.47 bits per heavy atom. The molecule has 0 fully saturated rings. The summed E-state index contributed by atoms with van der Waals surface area (Å²) >= 11 is 0. The lowest BCUT2D eigenvalue weighted by Crippen LogP contribution is -2.10. The van der Waals surface area contributed by atoms with Crippen LogP contribution in [0.15, 0.2) is 36.7 Å². The molecule has 1 heterocycles. The summed E-state index contributed by atoms with van der Waals surface area (Å²) in [6, 6.07) is 5.94. The molecular formula is C11H12FN3. The number of benzene rings is 1. The Balaban J connectivity index is 2.28. The van der Waals surface area contributed by atoms with E-state index in [1.165, 1.54) is 12.1 Å². The van der Waals surface area contributed by atoms with Crippen molar-refractivity contribution >= 4 is 0 Å². The summed E-state index contributed by atoms with van der Waals surface area (Å²) in [5.74, 6) is -0.253. The van der Waals surface area contributed by atoms with Crippen molar-refractivity contribution < 1.29 is 4.39 Å². The van der Waals surface area contributed by atoms with Crippen LogP contribution in [0.25, 0.3) is 0 Å². The van der Waals surface area contributed by atoms with E-state index >= 15 is 0 Å². The lowest BCUT2D eigenvalue weighted by Gasteiger charge is -2.09. The first kappa shape index (κ1) is 9.86. The zero-order valence-electron chi connectivity index (χ0n) is 8.39. The summed E-state index contributed by atoms with van der Waals surface area (Å²) in [5, 5.41) is 4.04. The van der Waals surface area contributed by atoms with Crippen molar-refractivity contribution in [3.05, 3.63) is 53.6 Å². The standard InChI is InChI=1S/C11H12FN3/c1-15-7-9(6-14-15)11(13)8-2-4-10(12)5-3-8/h2-7,11H,13H2,1H3/t11-/m1/s1. The van der Waals surface area contributed by atoms with Gasteiger partial charge in [-0.3, -0.25) is 4.68 Å². The van der Waals surface area contributed by atoms with Gasteiger partial charge in [0.1, 0.15) is 5.82 Å². The van der Waals surface area contributed by atoms with Crippen molar-refractivity contribution in [1.29, 1.82) is 0 Å². The molecule has 0 aliphatic heterocycles. The SMILES string of the molecule is Cn1cc([C@H](N)c2ccc(F)cc2)cn1. The van der Waals surface area contributed by atoms with E-state index in [0.717, 1.165) is 11.1 Å². The summed E-state index contributed by atoms with van der Waals surface area (Å²) in [7, 11) is 1.83. The summed E-state index contributed by atoms with van der Waals surface area (Å²) in [6.07, 6.45) is 3.57. The zero-order valence-corrected chi connectivity index (χ0v) is 8.39. The highest BCUT2D eigenvalue weighted by Gasteiger charge is 2.10. The summed E-state index contributed by atoms with van der Waals surface area (Å²) in [6.45, 7) is 0. The largest absolute Gasteiger partial charge is 0.320 e. The van der Waals surface area contributed by atoms with Crippen LogP contribution >= 0.6 is 0 Å². The van der Waals surface area contributed by atoms with E-state index in [9.17, 15) is 4.39 Å². The van der Waals surface area contributed by atoms with Crippen LogP contribution in [0.1, 0.15) is 17.2 Å². The van der Waals surface area contributed by atoms with E-state index in [2.05, 4.69) is 5.10 Å². The first-order valence-corrected chi connectivity index (χ1v) is 4.66. The predicted molar refractivity (Wildman–Crippen MR) is 55.6 cm³/mol. The minimum atomic E-state index is -0.253. The third kappa shape index (κ3) is 2.05. The number of rotatable bonds is 2. The number of aryl methyl sites for hydroxylation is 1. The van der Waals surface area contributed by atoms with Crippen LogP contribution in [0.5, 0.6) is 0 Å². The molecule has 0 aliphatic carbocycles. The second-order valence-electron chi connectivity index (χ2n) is 3.48. The molecule has 3 nitrogen and oxygen atoms in total. The van der Waals surface area contributed by atoms with Crippen LogP contribution in [-0.2, 0) is 7.05 Å². The maximum atomic E-state index is 12.7. The minimum Gasteiger partial charge on any atom is -0.320 e. The average molecular weight is 205 g/mol. The molecule has 1 aromatic heterocycles. The van der Waals surface area contributed by atoms with Crippen LogP contribution in [0.3, 0.4) is 0 Å². The monoisotopic (exact) mass is 205 g/mol. The third-order valence-corrected chi connectivity index (χ3v) is 2.31. The maximum absolute atomic E-state index is 12.7. The molecule has 0 amide bonds.